The van der Waals surface area contributed by atoms with Crippen LogP contribution in [0.1, 0.15) is 33.8 Å². The molecule has 0 bridgehead atoms. The summed E-state index contributed by atoms with van der Waals surface area (Å²) in [6.07, 6.45) is -0.727. The average molecular weight is 398 g/mol. The van der Waals surface area contributed by atoms with E-state index in [9.17, 15) is 14.7 Å². The van der Waals surface area contributed by atoms with Gasteiger partial charge < -0.3 is 30.0 Å². The first-order chi connectivity index (χ1) is 14.0. The molecule has 0 aliphatic carbocycles. The Bertz CT molecular complexity index is 931. The molecule has 2 unspecified atom stereocenters. The predicted molar refractivity (Wildman–Crippen MR) is 103 cm³/mol. The first kappa shape index (κ1) is 19.1. The second-order valence-electron chi connectivity index (χ2n) is 7.11. The minimum Gasteiger partial charge on any atom is -0.465 e. The van der Waals surface area contributed by atoms with E-state index in [1.165, 1.54) is 4.90 Å². The highest BCUT2D eigenvalue weighted by Gasteiger charge is 2.34. The molecule has 2 atom stereocenters. The highest BCUT2D eigenvalue weighted by atomic mass is 16.7. The number of piperidine rings is 1. The van der Waals surface area contributed by atoms with E-state index in [2.05, 4.69) is 0 Å². The molecule has 3 N–H and O–H groups in total. The zero-order valence-corrected chi connectivity index (χ0v) is 15.7. The minimum absolute atomic E-state index is 0.0131. The molecule has 8 heteroatoms. The lowest BCUT2D eigenvalue weighted by atomic mass is 9.86. The number of carboxylic acid groups (broad SMARTS) is 1. The van der Waals surface area contributed by atoms with Crippen LogP contribution < -0.4 is 15.2 Å². The number of nitrogens with two attached hydrogens (primary N) is 1. The van der Waals surface area contributed by atoms with Gasteiger partial charge >= 0.3 is 6.09 Å². The van der Waals surface area contributed by atoms with Gasteiger partial charge in [-0.3, -0.25) is 4.79 Å². The fourth-order valence-corrected chi connectivity index (χ4v) is 3.87. The number of likely N-dealkylation sites (tertiary alicyclic amines) is 1. The lowest BCUT2D eigenvalue weighted by Gasteiger charge is -2.37. The summed E-state index contributed by atoms with van der Waals surface area (Å²) in [6.45, 7) is 1.03. The molecule has 0 aromatic heterocycles. The van der Waals surface area contributed by atoms with Crippen molar-refractivity contribution in [1.29, 1.82) is 0 Å². The second kappa shape index (κ2) is 8.00. The number of primary amides is 1. The summed E-state index contributed by atoms with van der Waals surface area (Å²) in [6, 6.07) is 12.7. The molecule has 1 saturated heterocycles. The van der Waals surface area contributed by atoms with Gasteiger partial charge in [0.25, 0.3) is 0 Å². The van der Waals surface area contributed by atoms with Crippen LogP contribution in [0.15, 0.2) is 42.5 Å². The van der Waals surface area contributed by atoms with Crippen molar-refractivity contribution in [3.63, 3.8) is 0 Å². The van der Waals surface area contributed by atoms with Gasteiger partial charge in [-0.1, -0.05) is 24.3 Å². The summed E-state index contributed by atoms with van der Waals surface area (Å²) in [4.78, 5) is 24.5. The summed E-state index contributed by atoms with van der Waals surface area (Å²) in [5.41, 5.74) is 7.53. The summed E-state index contributed by atoms with van der Waals surface area (Å²) in [5.74, 6) is 0.846. The highest BCUT2D eigenvalue weighted by Crippen LogP contribution is 2.38. The van der Waals surface area contributed by atoms with Crippen molar-refractivity contribution in [1.82, 2.24) is 4.90 Å². The van der Waals surface area contributed by atoms with Crippen LogP contribution in [0.4, 0.5) is 4.79 Å². The van der Waals surface area contributed by atoms with Crippen LogP contribution in [0.25, 0.3) is 0 Å². The van der Waals surface area contributed by atoms with Crippen LogP contribution >= 0.6 is 0 Å². The van der Waals surface area contributed by atoms with Crippen LogP contribution in [0.3, 0.4) is 0 Å². The van der Waals surface area contributed by atoms with Crippen molar-refractivity contribution in [2.24, 2.45) is 5.73 Å². The number of carbonyl (C=O) groups excluding carboxylic acids is 1. The average Bonchev–Trinajstić information content (AvgIpc) is 3.20. The summed E-state index contributed by atoms with van der Waals surface area (Å²) in [7, 11) is 0. The third-order valence-electron chi connectivity index (χ3n) is 5.39. The molecule has 2 aromatic rings. The normalized spacial score (nSPS) is 20.5. The van der Waals surface area contributed by atoms with Gasteiger partial charge in [-0.25, -0.2) is 4.79 Å². The van der Waals surface area contributed by atoms with Gasteiger partial charge in [-0.05, 0) is 35.7 Å². The Morgan fingerprint density at radius 1 is 1.17 bits per heavy atom. The third-order valence-corrected chi connectivity index (χ3v) is 5.39. The Labute approximate surface area is 167 Å². The van der Waals surface area contributed by atoms with Gasteiger partial charge in [0.05, 0.1) is 19.3 Å². The standard InChI is InChI=1S/C21H22N2O6/c22-20(24)16-4-2-1-3-14(16)11-27-19-10-23(21(25)26)8-7-15(19)13-5-6-17-18(9-13)29-12-28-17/h1-6,9,15,19H,7-8,10-12H2,(H2,22,24)(H,25,26). The number of fused-ring (bicyclic) bond motifs is 1. The van der Waals surface area contributed by atoms with Crippen molar-refractivity contribution >= 4 is 12.0 Å². The van der Waals surface area contributed by atoms with Gasteiger partial charge in [-0.15, -0.1) is 0 Å². The second-order valence-corrected chi connectivity index (χ2v) is 7.11. The molecule has 2 heterocycles. The van der Waals surface area contributed by atoms with Crippen LogP contribution in [0.2, 0.25) is 0 Å². The van der Waals surface area contributed by atoms with Gasteiger partial charge in [0, 0.05) is 18.0 Å². The van der Waals surface area contributed by atoms with Crippen molar-refractivity contribution in [3.05, 3.63) is 59.2 Å². The zero-order chi connectivity index (χ0) is 20.4. The molecule has 29 heavy (non-hydrogen) atoms. The number of benzene rings is 2. The van der Waals surface area contributed by atoms with Crippen molar-refractivity contribution < 1.29 is 28.9 Å². The SMILES string of the molecule is NC(=O)c1ccccc1COC1CN(C(=O)O)CCC1c1ccc2c(c1)OCO2. The van der Waals surface area contributed by atoms with Crippen LogP contribution in [0, 0.1) is 0 Å². The predicted octanol–water partition coefficient (Wildman–Crippen LogP) is 2.57. The van der Waals surface area contributed by atoms with Crippen molar-refractivity contribution in [3.8, 4) is 11.5 Å². The molecule has 2 amide bonds. The maximum Gasteiger partial charge on any atom is 0.407 e. The Hall–Kier alpha value is -3.26. The van der Waals surface area contributed by atoms with E-state index in [0.29, 0.717) is 35.6 Å². The minimum atomic E-state index is -0.972. The molecule has 1 fully saturated rings. The van der Waals surface area contributed by atoms with E-state index in [4.69, 9.17) is 19.9 Å². The number of hydrogen-bond donors (Lipinski definition) is 2. The Balaban J connectivity index is 1.56. The Kier molecular flexibility index (Phi) is 5.26. The third kappa shape index (κ3) is 3.97. The fourth-order valence-electron chi connectivity index (χ4n) is 3.87. The van der Waals surface area contributed by atoms with E-state index in [1.54, 1.807) is 18.2 Å². The van der Waals surface area contributed by atoms with Crippen LogP contribution in [-0.2, 0) is 11.3 Å². The Morgan fingerprint density at radius 2 is 1.97 bits per heavy atom. The van der Waals surface area contributed by atoms with Gasteiger partial charge in [-0.2, -0.15) is 0 Å². The molecule has 0 saturated carbocycles. The number of nitrogens with zero attached hydrogens (tertiary/aromatic N) is 1. The summed E-state index contributed by atoms with van der Waals surface area (Å²) < 4.78 is 17.0. The molecule has 2 aliphatic heterocycles. The molecule has 4 rings (SSSR count). The molecule has 2 aliphatic rings. The molecule has 0 spiro atoms. The van der Waals surface area contributed by atoms with E-state index in [0.717, 1.165) is 5.56 Å². The summed E-state index contributed by atoms with van der Waals surface area (Å²) >= 11 is 0. The number of carbonyl (C=O) groups is 2. The van der Waals surface area contributed by atoms with Gasteiger partial charge in [0.2, 0.25) is 12.7 Å². The smallest absolute Gasteiger partial charge is 0.407 e. The monoisotopic (exact) mass is 398 g/mol. The lowest BCUT2D eigenvalue weighted by molar-refractivity contribution is -0.0201. The number of amides is 2. The molecule has 0 radical (unpaired) electrons. The maximum atomic E-state index is 11.7. The van der Waals surface area contributed by atoms with Crippen LogP contribution in [-0.4, -0.2) is 48.0 Å². The van der Waals surface area contributed by atoms with Gasteiger partial charge in [0.15, 0.2) is 11.5 Å². The van der Waals surface area contributed by atoms with E-state index in [1.807, 2.05) is 24.3 Å². The Morgan fingerprint density at radius 3 is 2.76 bits per heavy atom. The molecular formula is C21H22N2O6. The number of ether oxygens (including phenoxy) is 3. The molecule has 2 aromatic carbocycles. The van der Waals surface area contributed by atoms with Crippen molar-refractivity contribution in [2.75, 3.05) is 19.9 Å². The van der Waals surface area contributed by atoms with E-state index < -0.39 is 12.0 Å². The first-order valence-corrected chi connectivity index (χ1v) is 9.39. The van der Waals surface area contributed by atoms with Gasteiger partial charge in [0.1, 0.15) is 0 Å². The van der Waals surface area contributed by atoms with E-state index >= 15 is 0 Å². The fraction of sp³-hybridized carbons (Fsp3) is 0.333. The van der Waals surface area contributed by atoms with Crippen LogP contribution in [0.5, 0.6) is 11.5 Å². The number of hydrogen-bond acceptors (Lipinski definition) is 5. The molecular weight excluding hydrogens is 376 g/mol. The molecule has 152 valence electrons. The first-order valence-electron chi connectivity index (χ1n) is 9.39. The topological polar surface area (TPSA) is 111 Å². The lowest BCUT2D eigenvalue weighted by Crippen LogP contribution is -2.46. The van der Waals surface area contributed by atoms with E-state index in [-0.39, 0.29) is 32.0 Å². The summed E-state index contributed by atoms with van der Waals surface area (Å²) in [5, 5.41) is 9.41. The zero-order valence-electron chi connectivity index (χ0n) is 15.7. The molecule has 8 nitrogen and oxygen atoms in total. The quantitative estimate of drug-likeness (QED) is 0.801. The number of rotatable bonds is 5. The largest absolute Gasteiger partial charge is 0.465 e. The highest BCUT2D eigenvalue weighted by molar-refractivity contribution is 5.94. The van der Waals surface area contributed by atoms with Crippen molar-refractivity contribution in [2.45, 2.75) is 25.0 Å². The maximum absolute atomic E-state index is 11.7.